The molecule has 5 heteroatoms. The number of hydrogen-bond donors (Lipinski definition) is 1. The highest BCUT2D eigenvalue weighted by atomic mass is 19.1. The van der Waals surface area contributed by atoms with Crippen LogP contribution in [0.2, 0.25) is 0 Å². The predicted molar refractivity (Wildman–Crippen MR) is 159 cm³/mol. The van der Waals surface area contributed by atoms with Crippen LogP contribution in [-0.4, -0.2) is 34.9 Å². The minimum atomic E-state index is -0.500. The third-order valence-electron chi connectivity index (χ3n) is 5.85. The molecular weight excluding hydrogens is 477 g/mol. The van der Waals surface area contributed by atoms with Gasteiger partial charge >= 0.3 is 0 Å². The number of benzene rings is 1. The number of carbonyl (C=O) groups excluding carboxylic acids is 1. The van der Waals surface area contributed by atoms with E-state index < -0.39 is 5.60 Å². The van der Waals surface area contributed by atoms with Crippen molar-refractivity contribution in [2.75, 3.05) is 0 Å². The third-order valence-corrected chi connectivity index (χ3v) is 5.85. The standard InChI is InChI=1S/C15H21N.C12H13FO2.C4H10O.C2H6/c1-5-6-7-15-13(3)9-8-12(2)10-11-16-14(15)4;1-8-2-7-11(15-8)12(14)9-3-5-10(13)6-4-9;1-4(2,3)5;1-2/h1,6-7,11-13H,8-10H2,2-4H3;3-6,8,11H,2,7H2,1H3;5H,1-3H3;1-2H3/b7-6-,15-14-,16-11?;;;/t;8-,11-;;/m.0../s1. The number of halogens is 1. The second-order valence-electron chi connectivity index (χ2n) is 10.7. The van der Waals surface area contributed by atoms with Crippen molar-refractivity contribution in [2.45, 2.75) is 112 Å². The summed E-state index contributed by atoms with van der Waals surface area (Å²) in [4.78, 5) is 16.4. The number of ketones is 1. The lowest BCUT2D eigenvalue weighted by Crippen LogP contribution is -2.20. The van der Waals surface area contributed by atoms with Crippen molar-refractivity contribution in [3.05, 3.63) is 59.1 Å². The number of terminal acetylenes is 1. The molecule has 3 rings (SSSR count). The maximum absolute atomic E-state index is 12.6. The molecule has 0 amide bonds. The average Bonchev–Trinajstić information content (AvgIpc) is 3.31. The summed E-state index contributed by atoms with van der Waals surface area (Å²) in [6.07, 6.45) is 16.1. The van der Waals surface area contributed by atoms with Crippen LogP contribution in [0.1, 0.15) is 105 Å². The first-order chi connectivity index (χ1) is 17.8. The van der Waals surface area contributed by atoms with Crippen LogP contribution < -0.4 is 0 Å². The second-order valence-corrected chi connectivity index (χ2v) is 10.7. The van der Waals surface area contributed by atoms with Crippen molar-refractivity contribution in [1.29, 1.82) is 0 Å². The molecule has 212 valence electrons. The van der Waals surface area contributed by atoms with Gasteiger partial charge in [0.05, 0.1) is 11.7 Å². The van der Waals surface area contributed by atoms with Crippen molar-refractivity contribution in [3.63, 3.8) is 0 Å². The van der Waals surface area contributed by atoms with Gasteiger partial charge in [-0.3, -0.25) is 9.79 Å². The first kappa shape index (κ1) is 35.5. The smallest absolute Gasteiger partial charge is 0.191 e. The van der Waals surface area contributed by atoms with Gasteiger partial charge in [-0.25, -0.2) is 4.39 Å². The molecule has 4 nitrogen and oxygen atoms in total. The van der Waals surface area contributed by atoms with Crippen LogP contribution in [0.5, 0.6) is 0 Å². The van der Waals surface area contributed by atoms with Crippen molar-refractivity contribution < 1.29 is 19.0 Å². The van der Waals surface area contributed by atoms with E-state index in [0.29, 0.717) is 11.5 Å². The van der Waals surface area contributed by atoms with E-state index in [2.05, 4.69) is 31.7 Å². The molecule has 0 aliphatic carbocycles. The number of nitrogens with zero attached hydrogens (tertiary/aromatic N) is 1. The van der Waals surface area contributed by atoms with Crippen molar-refractivity contribution in [3.8, 4) is 12.3 Å². The largest absolute Gasteiger partial charge is 0.391 e. The summed E-state index contributed by atoms with van der Waals surface area (Å²) in [6.45, 7) is 17.8. The lowest BCUT2D eigenvalue weighted by Gasteiger charge is -2.15. The fraction of sp³-hybridized carbons (Fsp3) is 0.576. The Kier molecular flexibility index (Phi) is 17.4. The Balaban J connectivity index is 0.000000582. The van der Waals surface area contributed by atoms with E-state index in [-0.39, 0.29) is 23.8 Å². The summed E-state index contributed by atoms with van der Waals surface area (Å²) in [6, 6.07) is 5.60. The topological polar surface area (TPSA) is 58.9 Å². The Morgan fingerprint density at radius 3 is 2.18 bits per heavy atom. The number of rotatable bonds is 3. The van der Waals surface area contributed by atoms with Gasteiger partial charge in [-0.2, -0.15) is 0 Å². The number of Topliss-reactive ketones (excluding diaryl/α,β-unsaturated/α-hetero) is 1. The van der Waals surface area contributed by atoms with E-state index in [1.807, 2.05) is 33.1 Å². The van der Waals surface area contributed by atoms with Gasteiger partial charge in [0.2, 0.25) is 0 Å². The molecule has 0 bridgehead atoms. The highest BCUT2D eigenvalue weighted by Crippen LogP contribution is 2.26. The van der Waals surface area contributed by atoms with Gasteiger partial charge in [-0.05, 0) is 121 Å². The van der Waals surface area contributed by atoms with E-state index in [4.69, 9.17) is 16.3 Å². The monoisotopic (exact) mass is 527 g/mol. The first-order valence-electron chi connectivity index (χ1n) is 13.8. The molecule has 2 aliphatic rings. The SMILES string of the molecule is C#C/C=C\C1=C(/C)N=CCC(C)CCC1C.CC.CC(C)(C)O.C[C@H]1CC[C@@H](C(=O)c2ccc(F)cc2)O1. The minimum absolute atomic E-state index is 0.0423. The number of aliphatic imine (C=N–C) groups is 1. The third kappa shape index (κ3) is 15.6. The lowest BCUT2D eigenvalue weighted by molar-refractivity contribution is 0.0433. The van der Waals surface area contributed by atoms with Crippen molar-refractivity contribution in [1.82, 2.24) is 0 Å². The lowest BCUT2D eigenvalue weighted by atomic mass is 9.90. The van der Waals surface area contributed by atoms with Gasteiger partial charge in [-0.1, -0.05) is 33.6 Å². The molecule has 38 heavy (non-hydrogen) atoms. The molecule has 2 unspecified atom stereocenters. The quantitative estimate of drug-likeness (QED) is 0.317. The molecule has 1 saturated heterocycles. The van der Waals surface area contributed by atoms with Gasteiger partial charge in [0, 0.05) is 17.5 Å². The summed E-state index contributed by atoms with van der Waals surface area (Å²) >= 11 is 0. The van der Waals surface area contributed by atoms with Crippen LogP contribution in [0.15, 0.2) is 52.7 Å². The fourth-order valence-corrected chi connectivity index (χ4v) is 3.83. The van der Waals surface area contributed by atoms with Gasteiger partial charge < -0.3 is 9.84 Å². The Morgan fingerprint density at radius 2 is 1.68 bits per heavy atom. The van der Waals surface area contributed by atoms with Gasteiger partial charge in [0.25, 0.3) is 0 Å². The Morgan fingerprint density at radius 1 is 1.11 bits per heavy atom. The van der Waals surface area contributed by atoms with Gasteiger partial charge in [0.15, 0.2) is 5.78 Å². The molecule has 1 N–H and O–H groups in total. The number of allylic oxidation sites excluding steroid dienone is 4. The zero-order valence-corrected chi connectivity index (χ0v) is 25.1. The molecule has 1 aromatic carbocycles. The van der Waals surface area contributed by atoms with Crippen molar-refractivity contribution >= 4 is 12.0 Å². The number of hydrogen-bond acceptors (Lipinski definition) is 4. The van der Waals surface area contributed by atoms with Gasteiger partial charge in [0.1, 0.15) is 11.9 Å². The van der Waals surface area contributed by atoms with E-state index in [0.717, 1.165) is 30.9 Å². The van der Waals surface area contributed by atoms with Crippen LogP contribution in [0.3, 0.4) is 0 Å². The van der Waals surface area contributed by atoms with Crippen LogP contribution in [0.4, 0.5) is 4.39 Å². The zero-order valence-electron chi connectivity index (χ0n) is 25.1. The van der Waals surface area contributed by atoms with Crippen LogP contribution in [0.25, 0.3) is 0 Å². The Labute approximate surface area is 231 Å². The maximum Gasteiger partial charge on any atom is 0.191 e. The van der Waals surface area contributed by atoms with E-state index in [1.165, 1.54) is 42.7 Å². The summed E-state index contributed by atoms with van der Waals surface area (Å²) < 4.78 is 18.1. The molecule has 2 heterocycles. The average molecular weight is 528 g/mol. The van der Waals surface area contributed by atoms with E-state index in [9.17, 15) is 9.18 Å². The summed E-state index contributed by atoms with van der Waals surface area (Å²) in [7, 11) is 0. The van der Waals surface area contributed by atoms with E-state index in [1.54, 1.807) is 26.8 Å². The summed E-state index contributed by atoms with van der Waals surface area (Å²) in [5.74, 6) is 3.46. The predicted octanol–water partition coefficient (Wildman–Crippen LogP) is 8.36. The molecule has 4 atom stereocenters. The molecule has 1 aromatic rings. The number of aliphatic hydroxyl groups is 1. The molecule has 0 spiro atoms. The van der Waals surface area contributed by atoms with Crippen LogP contribution in [0, 0.1) is 30.0 Å². The number of carbonyl (C=O) groups is 1. The fourth-order valence-electron chi connectivity index (χ4n) is 3.83. The molecular formula is C33H50FNO3. The highest BCUT2D eigenvalue weighted by Gasteiger charge is 2.28. The summed E-state index contributed by atoms with van der Waals surface area (Å²) in [5, 5.41) is 8.52. The molecule has 0 aromatic heterocycles. The van der Waals surface area contributed by atoms with Crippen LogP contribution in [-0.2, 0) is 4.74 Å². The molecule has 0 saturated carbocycles. The number of ether oxygens (including phenoxy) is 1. The summed E-state index contributed by atoms with van der Waals surface area (Å²) in [5.41, 5.74) is 2.41. The highest BCUT2D eigenvalue weighted by molar-refractivity contribution is 5.99. The minimum Gasteiger partial charge on any atom is -0.391 e. The Hall–Kier alpha value is -2.55. The zero-order chi connectivity index (χ0) is 29.3. The van der Waals surface area contributed by atoms with Crippen LogP contribution >= 0.6 is 0 Å². The van der Waals surface area contributed by atoms with E-state index >= 15 is 0 Å². The maximum atomic E-state index is 12.6. The molecule has 2 aliphatic heterocycles. The normalized spacial score (nSPS) is 25.2. The van der Waals surface area contributed by atoms with Crippen molar-refractivity contribution in [2.24, 2.45) is 16.8 Å². The van der Waals surface area contributed by atoms with Gasteiger partial charge in [-0.15, -0.1) is 6.42 Å². The Bertz CT molecular complexity index is 942. The molecule has 1 fully saturated rings. The molecule has 0 radical (unpaired) electrons. The second kappa shape index (κ2) is 18.7. The first-order valence-corrected chi connectivity index (χ1v) is 13.8.